The lowest BCUT2D eigenvalue weighted by molar-refractivity contribution is -0.697. The number of rotatable bonds is 13. The average Bonchev–Trinajstić information content (AvgIpc) is 2.85. The molecule has 0 atom stereocenters. The normalized spacial score (nSPS) is 12.3. The van der Waals surface area contributed by atoms with Crippen LogP contribution in [0.5, 0.6) is 0 Å². The van der Waals surface area contributed by atoms with Crippen LogP contribution >= 0.6 is 0 Å². The highest BCUT2D eigenvalue weighted by atomic mass is 28.4. The number of nitrogens with zero attached hydrogens (tertiary/aromatic N) is 2. The van der Waals surface area contributed by atoms with E-state index >= 15 is 0 Å². The first-order valence-corrected chi connectivity index (χ1v) is 15.4. The molecular weight excluding hydrogens is 492 g/mol. The molecule has 36 heavy (non-hydrogen) atoms. The third-order valence-corrected chi connectivity index (χ3v) is 7.02. The van der Waals surface area contributed by atoms with Gasteiger partial charge >= 0.3 is 18.3 Å². The van der Waals surface area contributed by atoms with Crippen molar-refractivity contribution in [2.75, 3.05) is 6.61 Å². The molecule has 0 radical (unpaired) electrons. The van der Waals surface area contributed by atoms with Crippen LogP contribution in [0.1, 0.15) is 35.1 Å². The van der Waals surface area contributed by atoms with Gasteiger partial charge in [0.25, 0.3) is 0 Å². The SMILES string of the molecule is O[SiH](O)OCCC[n+]1ccc(C=Cc2ccc(C=Cc3cc[n+](CCC[Si](O)(O)O)cc3)cc2)cc1. The molecular formula is C26H34N2O6Si2+2. The zero-order chi connectivity index (χ0) is 25.8. The summed E-state index contributed by atoms with van der Waals surface area (Å²) in [5, 5.41) is 0. The van der Waals surface area contributed by atoms with Crippen molar-refractivity contribution in [1.29, 1.82) is 0 Å². The first-order chi connectivity index (χ1) is 17.3. The van der Waals surface area contributed by atoms with Gasteiger partial charge in [-0.1, -0.05) is 48.6 Å². The van der Waals surface area contributed by atoms with Gasteiger partial charge in [-0.2, -0.15) is 0 Å². The van der Waals surface area contributed by atoms with E-state index < -0.39 is 18.3 Å². The molecule has 0 spiro atoms. The fraction of sp³-hybridized carbons (Fsp3) is 0.231. The summed E-state index contributed by atoms with van der Waals surface area (Å²) in [5.74, 6) is 0. The average molecular weight is 527 g/mol. The minimum absolute atomic E-state index is 0.0368. The van der Waals surface area contributed by atoms with E-state index in [0.717, 1.165) is 35.2 Å². The van der Waals surface area contributed by atoms with E-state index in [1.807, 2.05) is 64.3 Å². The second kappa shape index (κ2) is 14.1. The van der Waals surface area contributed by atoms with E-state index in [-0.39, 0.29) is 6.04 Å². The maximum atomic E-state index is 9.08. The molecule has 0 aliphatic heterocycles. The number of aryl methyl sites for hydroxylation is 2. The Morgan fingerprint density at radius 3 is 1.42 bits per heavy atom. The van der Waals surface area contributed by atoms with Crippen LogP contribution in [0.2, 0.25) is 6.04 Å². The molecule has 3 aromatic rings. The topological polar surface area (TPSA) is 118 Å². The molecule has 0 saturated carbocycles. The van der Waals surface area contributed by atoms with Gasteiger partial charge in [0.2, 0.25) is 0 Å². The Balaban J connectivity index is 1.46. The van der Waals surface area contributed by atoms with Crippen molar-refractivity contribution in [3.05, 3.63) is 95.6 Å². The molecule has 5 N–H and O–H groups in total. The van der Waals surface area contributed by atoms with Gasteiger partial charge in [0.1, 0.15) is 6.54 Å². The number of benzene rings is 1. The summed E-state index contributed by atoms with van der Waals surface area (Å²) >= 11 is 0. The quantitative estimate of drug-likeness (QED) is 0.129. The summed E-state index contributed by atoms with van der Waals surface area (Å²) in [6.45, 7) is 1.72. The number of hydrogen-bond acceptors (Lipinski definition) is 6. The molecule has 8 nitrogen and oxygen atoms in total. The van der Waals surface area contributed by atoms with Gasteiger partial charge in [-0.3, -0.25) is 0 Å². The summed E-state index contributed by atoms with van der Waals surface area (Å²) in [5.41, 5.74) is 4.36. The van der Waals surface area contributed by atoms with E-state index in [2.05, 4.69) is 42.5 Å². The van der Waals surface area contributed by atoms with Crippen molar-refractivity contribution in [2.24, 2.45) is 0 Å². The lowest BCUT2D eigenvalue weighted by Crippen LogP contribution is -2.38. The summed E-state index contributed by atoms with van der Waals surface area (Å²) in [7, 11) is -6.87. The molecule has 0 unspecified atom stereocenters. The van der Waals surface area contributed by atoms with Crippen LogP contribution < -0.4 is 9.13 Å². The highest BCUT2D eigenvalue weighted by molar-refractivity contribution is 6.56. The Labute approximate surface area is 214 Å². The van der Waals surface area contributed by atoms with Crippen molar-refractivity contribution < 1.29 is 37.5 Å². The molecule has 1 aromatic carbocycles. The largest absolute Gasteiger partial charge is 0.492 e. The van der Waals surface area contributed by atoms with Crippen LogP contribution in [-0.2, 0) is 17.5 Å². The number of hydrogen-bond donors (Lipinski definition) is 5. The minimum Gasteiger partial charge on any atom is -0.392 e. The molecule has 0 fully saturated rings. The van der Waals surface area contributed by atoms with Crippen LogP contribution in [0.15, 0.2) is 73.3 Å². The van der Waals surface area contributed by atoms with E-state index in [1.54, 1.807) is 0 Å². The summed E-state index contributed by atoms with van der Waals surface area (Å²) in [6.07, 6.45) is 17.3. The smallest absolute Gasteiger partial charge is 0.392 e. The van der Waals surface area contributed by atoms with Crippen molar-refractivity contribution in [2.45, 2.75) is 32.0 Å². The molecule has 0 aliphatic carbocycles. The molecule has 0 aliphatic rings. The number of pyridine rings is 2. The molecule has 2 heterocycles. The Morgan fingerprint density at radius 1 is 0.639 bits per heavy atom. The van der Waals surface area contributed by atoms with Gasteiger partial charge in [0, 0.05) is 49.8 Å². The Kier molecular flexibility index (Phi) is 10.9. The maximum absolute atomic E-state index is 9.08. The van der Waals surface area contributed by atoms with Crippen LogP contribution in [-0.4, -0.2) is 48.9 Å². The third kappa shape index (κ3) is 10.9. The van der Waals surface area contributed by atoms with E-state index in [4.69, 9.17) is 28.4 Å². The molecule has 0 amide bonds. The van der Waals surface area contributed by atoms with Gasteiger partial charge in [-0.15, -0.1) is 0 Å². The number of aromatic nitrogens is 2. The van der Waals surface area contributed by atoms with Crippen molar-refractivity contribution in [3.63, 3.8) is 0 Å². The van der Waals surface area contributed by atoms with Crippen molar-refractivity contribution >= 4 is 42.6 Å². The molecule has 0 saturated heterocycles. The van der Waals surface area contributed by atoms with Crippen molar-refractivity contribution in [3.8, 4) is 0 Å². The molecule has 0 bridgehead atoms. The Morgan fingerprint density at radius 2 is 1.03 bits per heavy atom. The summed E-state index contributed by atoms with van der Waals surface area (Å²) in [4.78, 5) is 44.9. The predicted molar refractivity (Wildman–Crippen MR) is 142 cm³/mol. The zero-order valence-electron chi connectivity index (χ0n) is 20.1. The monoisotopic (exact) mass is 526 g/mol. The minimum atomic E-state index is -3.95. The van der Waals surface area contributed by atoms with Gasteiger partial charge < -0.3 is 28.4 Å². The van der Waals surface area contributed by atoms with Crippen molar-refractivity contribution in [1.82, 2.24) is 0 Å². The van der Waals surface area contributed by atoms with Gasteiger partial charge in [0.05, 0.1) is 0 Å². The first kappa shape index (κ1) is 27.8. The first-order valence-electron chi connectivity index (χ1n) is 11.9. The van der Waals surface area contributed by atoms with Crippen LogP contribution in [0.4, 0.5) is 0 Å². The maximum Gasteiger partial charge on any atom is 0.492 e. The fourth-order valence-corrected chi connectivity index (χ4v) is 4.51. The lowest BCUT2D eigenvalue weighted by Gasteiger charge is -2.06. The third-order valence-electron chi connectivity index (χ3n) is 5.46. The highest BCUT2D eigenvalue weighted by Crippen LogP contribution is 2.12. The molecule has 3 rings (SSSR count). The standard InChI is InChI=1S/C26H34N2O6Si2/c29-35(30)34-21-1-15-27-17-11-25(12-18-27)9-7-23-3-5-24(6-4-23)8-10-26-13-19-28(20-14-26)16-2-22-36(31,32)33/h3-14,17-20,29-33,35H,1-2,15-16,21-22H2/q+2. The van der Waals surface area contributed by atoms with Crippen LogP contribution in [0.3, 0.4) is 0 Å². The second-order valence-corrected chi connectivity index (χ2v) is 11.5. The molecule has 10 heteroatoms. The van der Waals surface area contributed by atoms with E-state index in [9.17, 15) is 0 Å². The Hall–Kier alpha value is -2.81. The predicted octanol–water partition coefficient (Wildman–Crippen LogP) is 1.02. The van der Waals surface area contributed by atoms with Gasteiger partial charge in [-0.25, -0.2) is 9.13 Å². The fourth-order valence-electron chi connectivity index (χ4n) is 3.50. The van der Waals surface area contributed by atoms with Gasteiger partial charge in [-0.05, 0) is 22.3 Å². The summed E-state index contributed by atoms with van der Waals surface area (Å²) in [6, 6.07) is 16.4. The van der Waals surface area contributed by atoms with Crippen LogP contribution in [0, 0.1) is 0 Å². The lowest BCUT2D eigenvalue weighted by atomic mass is 10.1. The summed E-state index contributed by atoms with van der Waals surface area (Å²) < 4.78 is 8.83. The Bertz CT molecular complexity index is 1110. The van der Waals surface area contributed by atoms with Crippen LogP contribution in [0.25, 0.3) is 24.3 Å². The zero-order valence-corrected chi connectivity index (χ0v) is 22.3. The van der Waals surface area contributed by atoms with E-state index in [0.29, 0.717) is 19.6 Å². The highest BCUT2D eigenvalue weighted by Gasteiger charge is 2.26. The second-order valence-electron chi connectivity index (χ2n) is 8.50. The molecule has 2 aromatic heterocycles. The molecule has 190 valence electrons. The van der Waals surface area contributed by atoms with E-state index in [1.165, 1.54) is 0 Å². The van der Waals surface area contributed by atoms with Gasteiger partial charge in [0.15, 0.2) is 31.3 Å².